The zero-order valence-electron chi connectivity index (χ0n) is 16.2. The van der Waals surface area contributed by atoms with Crippen LogP contribution in [0.25, 0.3) is 11.3 Å². The minimum absolute atomic E-state index is 0.118. The number of carbonyl (C=O) groups excluding carboxylic acids is 1. The van der Waals surface area contributed by atoms with Crippen LogP contribution in [0.3, 0.4) is 0 Å². The molecule has 1 aromatic carbocycles. The molecule has 146 valence electrons. The summed E-state index contributed by atoms with van der Waals surface area (Å²) in [5, 5.41) is 11.5. The van der Waals surface area contributed by atoms with Gasteiger partial charge in [-0.15, -0.1) is 0 Å². The monoisotopic (exact) mass is 381 g/mol. The molecule has 0 spiro atoms. The number of nitrogens with one attached hydrogen (secondary N) is 1. The minimum Gasteiger partial charge on any atom is -0.496 e. The number of likely N-dealkylation sites (tertiary alicyclic amines) is 1. The van der Waals surface area contributed by atoms with E-state index in [1.54, 1.807) is 12.0 Å². The van der Waals surface area contributed by atoms with Crippen molar-refractivity contribution in [3.05, 3.63) is 53.5 Å². The van der Waals surface area contributed by atoms with Gasteiger partial charge in [0.2, 0.25) is 0 Å². The highest BCUT2D eigenvalue weighted by Gasteiger charge is 2.33. The molecule has 1 fully saturated rings. The number of para-hydroxylation sites is 1. The summed E-state index contributed by atoms with van der Waals surface area (Å²) in [6.07, 6.45) is 0. The van der Waals surface area contributed by atoms with Gasteiger partial charge in [-0.1, -0.05) is 17.3 Å². The molecule has 0 radical (unpaired) electrons. The number of rotatable bonds is 5. The van der Waals surface area contributed by atoms with Crippen LogP contribution in [0.5, 0.6) is 5.75 Å². The van der Waals surface area contributed by atoms with Crippen molar-refractivity contribution in [1.29, 1.82) is 0 Å². The Morgan fingerprint density at radius 3 is 2.79 bits per heavy atom. The lowest BCUT2D eigenvalue weighted by Crippen LogP contribution is -2.54. The fraction of sp³-hybridized carbons (Fsp3) is 0.350. The lowest BCUT2D eigenvalue weighted by Gasteiger charge is -2.39. The van der Waals surface area contributed by atoms with Crippen molar-refractivity contribution in [1.82, 2.24) is 25.2 Å². The van der Waals surface area contributed by atoms with Crippen LogP contribution in [-0.4, -0.2) is 46.1 Å². The first-order valence-corrected chi connectivity index (χ1v) is 9.19. The molecule has 0 unspecified atom stereocenters. The minimum atomic E-state index is -0.118. The molecule has 2 amide bonds. The normalized spacial score (nSPS) is 14.0. The van der Waals surface area contributed by atoms with Crippen molar-refractivity contribution < 1.29 is 14.1 Å². The third kappa shape index (κ3) is 3.45. The fourth-order valence-corrected chi connectivity index (χ4v) is 3.45. The van der Waals surface area contributed by atoms with Gasteiger partial charge in [0.25, 0.3) is 0 Å². The van der Waals surface area contributed by atoms with Crippen LogP contribution in [0.4, 0.5) is 4.79 Å². The molecule has 28 heavy (non-hydrogen) atoms. The molecular formula is C20H23N5O3. The number of carbonyl (C=O) groups is 1. The summed E-state index contributed by atoms with van der Waals surface area (Å²) < 4.78 is 12.7. The van der Waals surface area contributed by atoms with Gasteiger partial charge in [0, 0.05) is 30.4 Å². The van der Waals surface area contributed by atoms with E-state index in [4.69, 9.17) is 9.26 Å². The van der Waals surface area contributed by atoms with E-state index < -0.39 is 0 Å². The van der Waals surface area contributed by atoms with Gasteiger partial charge in [-0.2, -0.15) is 5.10 Å². The molecule has 1 aliphatic rings. The maximum absolute atomic E-state index is 12.3. The third-order valence-corrected chi connectivity index (χ3v) is 4.90. The number of ether oxygens (including phenoxy) is 1. The quantitative estimate of drug-likeness (QED) is 0.734. The molecule has 8 nitrogen and oxygen atoms in total. The van der Waals surface area contributed by atoms with Gasteiger partial charge in [-0.05, 0) is 32.0 Å². The van der Waals surface area contributed by atoms with E-state index in [0.717, 1.165) is 22.7 Å². The Kier molecular flexibility index (Phi) is 4.77. The predicted octanol–water partition coefficient (Wildman–Crippen LogP) is 2.93. The molecule has 3 aromatic rings. The molecule has 1 N–H and O–H groups in total. The topological polar surface area (TPSA) is 85.4 Å². The first-order valence-electron chi connectivity index (χ1n) is 9.19. The highest BCUT2D eigenvalue weighted by Crippen LogP contribution is 2.29. The number of hydrogen-bond acceptors (Lipinski definition) is 5. The fourth-order valence-electron chi connectivity index (χ4n) is 3.45. The molecule has 2 aromatic heterocycles. The van der Waals surface area contributed by atoms with E-state index in [0.29, 0.717) is 24.5 Å². The predicted molar refractivity (Wildman–Crippen MR) is 103 cm³/mol. The van der Waals surface area contributed by atoms with Gasteiger partial charge in [-0.25, -0.2) is 4.79 Å². The van der Waals surface area contributed by atoms with Crippen molar-refractivity contribution in [3.63, 3.8) is 0 Å². The zero-order valence-corrected chi connectivity index (χ0v) is 16.2. The smallest absolute Gasteiger partial charge is 0.317 e. The van der Waals surface area contributed by atoms with Crippen LogP contribution in [0, 0.1) is 13.8 Å². The van der Waals surface area contributed by atoms with Gasteiger partial charge >= 0.3 is 6.03 Å². The lowest BCUT2D eigenvalue weighted by molar-refractivity contribution is 0.116. The summed E-state index contributed by atoms with van der Waals surface area (Å²) >= 11 is 0. The molecule has 4 rings (SSSR count). The molecule has 0 bridgehead atoms. The van der Waals surface area contributed by atoms with E-state index in [1.807, 2.05) is 54.9 Å². The van der Waals surface area contributed by atoms with Crippen LogP contribution in [0.2, 0.25) is 0 Å². The highest BCUT2D eigenvalue weighted by atomic mass is 16.5. The van der Waals surface area contributed by atoms with Gasteiger partial charge in [0.15, 0.2) is 5.76 Å². The standard InChI is InChI=1S/C20H23N5O3/c1-13-8-14(2)25(22-13)15-11-24(12-15)20(26)21-10-16-9-18(23-28-16)17-6-4-5-7-19(17)27-3/h4-9,15H,10-12H2,1-3H3,(H,21,26). The Hall–Kier alpha value is -3.29. The van der Waals surface area contributed by atoms with E-state index in [9.17, 15) is 4.79 Å². The lowest BCUT2D eigenvalue weighted by atomic mass is 10.1. The van der Waals surface area contributed by atoms with Crippen molar-refractivity contribution in [2.24, 2.45) is 0 Å². The van der Waals surface area contributed by atoms with Gasteiger partial charge in [-0.3, -0.25) is 4.68 Å². The summed E-state index contributed by atoms with van der Waals surface area (Å²) in [5.74, 6) is 1.31. The Morgan fingerprint density at radius 1 is 1.29 bits per heavy atom. The zero-order chi connectivity index (χ0) is 19.7. The van der Waals surface area contributed by atoms with Crippen LogP contribution < -0.4 is 10.1 Å². The van der Waals surface area contributed by atoms with E-state index in [-0.39, 0.29) is 18.6 Å². The number of nitrogens with zero attached hydrogens (tertiary/aromatic N) is 4. The van der Waals surface area contributed by atoms with E-state index in [2.05, 4.69) is 15.6 Å². The Bertz CT molecular complexity index is 987. The van der Waals surface area contributed by atoms with Gasteiger partial charge in [0.05, 0.1) is 25.4 Å². The summed E-state index contributed by atoms with van der Waals surface area (Å²) in [7, 11) is 1.62. The van der Waals surface area contributed by atoms with Crippen molar-refractivity contribution in [3.8, 4) is 17.0 Å². The highest BCUT2D eigenvalue weighted by molar-refractivity contribution is 5.75. The van der Waals surface area contributed by atoms with Crippen LogP contribution in [-0.2, 0) is 6.54 Å². The van der Waals surface area contributed by atoms with E-state index >= 15 is 0 Å². The summed E-state index contributed by atoms with van der Waals surface area (Å²) in [4.78, 5) is 14.1. The van der Waals surface area contributed by atoms with Crippen molar-refractivity contribution >= 4 is 6.03 Å². The summed E-state index contributed by atoms with van der Waals surface area (Å²) in [5.41, 5.74) is 3.64. The number of aromatic nitrogens is 3. The summed E-state index contributed by atoms with van der Waals surface area (Å²) in [6.45, 7) is 5.59. The van der Waals surface area contributed by atoms with Crippen LogP contribution >= 0.6 is 0 Å². The average molecular weight is 381 g/mol. The van der Waals surface area contributed by atoms with Crippen LogP contribution in [0.15, 0.2) is 40.9 Å². The molecule has 3 heterocycles. The number of aryl methyl sites for hydroxylation is 2. The maximum atomic E-state index is 12.3. The number of urea groups is 1. The average Bonchev–Trinajstić information content (AvgIpc) is 3.25. The Labute approximate surface area is 163 Å². The van der Waals surface area contributed by atoms with E-state index in [1.165, 1.54) is 0 Å². The second-order valence-electron chi connectivity index (χ2n) is 6.97. The molecule has 0 aliphatic carbocycles. The SMILES string of the molecule is COc1ccccc1-c1cc(CNC(=O)N2CC(n3nc(C)cc3C)C2)on1. The van der Waals surface area contributed by atoms with Crippen molar-refractivity contribution in [2.45, 2.75) is 26.4 Å². The second kappa shape index (κ2) is 7.38. The number of amides is 2. The molecule has 8 heteroatoms. The largest absolute Gasteiger partial charge is 0.496 e. The Balaban J connectivity index is 1.31. The third-order valence-electron chi connectivity index (χ3n) is 4.90. The number of hydrogen-bond donors (Lipinski definition) is 1. The molecule has 1 saturated heterocycles. The van der Waals surface area contributed by atoms with Gasteiger partial charge < -0.3 is 19.5 Å². The molecular weight excluding hydrogens is 358 g/mol. The molecule has 1 aliphatic heterocycles. The summed E-state index contributed by atoms with van der Waals surface area (Å²) in [6, 6.07) is 11.6. The van der Waals surface area contributed by atoms with Gasteiger partial charge in [0.1, 0.15) is 11.4 Å². The first-order chi connectivity index (χ1) is 13.5. The first kappa shape index (κ1) is 18.1. The molecule has 0 atom stereocenters. The second-order valence-corrected chi connectivity index (χ2v) is 6.97. The Morgan fingerprint density at radius 2 is 2.07 bits per heavy atom. The maximum Gasteiger partial charge on any atom is 0.317 e. The molecule has 0 saturated carbocycles. The number of methoxy groups -OCH3 is 1. The number of benzene rings is 1. The van der Waals surface area contributed by atoms with Crippen molar-refractivity contribution in [2.75, 3.05) is 20.2 Å². The van der Waals surface area contributed by atoms with Crippen LogP contribution in [0.1, 0.15) is 23.2 Å².